The molecule has 0 spiro atoms. The largest absolute Gasteiger partial charge is 0.426 e. The molecule has 0 aliphatic carbocycles. The Labute approximate surface area is 169 Å². The first kappa shape index (κ1) is 21.4. The summed E-state index contributed by atoms with van der Waals surface area (Å²) in [5.41, 5.74) is 2.82. The molecule has 0 amide bonds. The molecule has 5 nitrogen and oxygen atoms in total. The molecule has 0 unspecified atom stereocenters. The number of aryl methyl sites for hydroxylation is 3. The summed E-state index contributed by atoms with van der Waals surface area (Å²) in [6.45, 7) is 5.92. The summed E-state index contributed by atoms with van der Waals surface area (Å²) in [5.74, 6) is -2.59. The number of sulfonamides is 1. The van der Waals surface area contributed by atoms with Crippen LogP contribution in [0.1, 0.15) is 29.5 Å². The van der Waals surface area contributed by atoms with Crippen LogP contribution < -0.4 is 4.74 Å². The van der Waals surface area contributed by atoms with Crippen LogP contribution in [-0.4, -0.2) is 31.8 Å². The van der Waals surface area contributed by atoms with Gasteiger partial charge >= 0.3 is 5.97 Å². The normalized spacial score (nSPS) is 16.0. The SMILES string of the molecule is Cc1cc(C)c(OC(=O)C2CCN(S(=O)(=O)c3ccc(F)c(F)c3)CC2)c(C)c1. The van der Waals surface area contributed by atoms with Gasteiger partial charge in [-0.15, -0.1) is 0 Å². The molecule has 0 saturated carbocycles. The summed E-state index contributed by atoms with van der Waals surface area (Å²) in [5, 5.41) is 0. The average molecular weight is 423 g/mol. The van der Waals surface area contributed by atoms with Gasteiger partial charge in [-0.05, 0) is 62.9 Å². The lowest BCUT2D eigenvalue weighted by atomic mass is 9.98. The Morgan fingerprint density at radius 3 is 2.14 bits per heavy atom. The lowest BCUT2D eigenvalue weighted by Crippen LogP contribution is -2.41. The first-order chi connectivity index (χ1) is 13.6. The third kappa shape index (κ3) is 4.48. The molecule has 0 N–H and O–H groups in total. The molecular formula is C21H23F2NO4S. The molecule has 1 saturated heterocycles. The van der Waals surface area contributed by atoms with Crippen molar-refractivity contribution in [2.45, 2.75) is 38.5 Å². The van der Waals surface area contributed by atoms with Crippen molar-refractivity contribution in [2.75, 3.05) is 13.1 Å². The second-order valence-electron chi connectivity index (χ2n) is 7.40. The van der Waals surface area contributed by atoms with Crippen LogP contribution in [0.2, 0.25) is 0 Å². The summed E-state index contributed by atoms with van der Waals surface area (Å²) >= 11 is 0. The molecule has 2 aromatic rings. The summed E-state index contributed by atoms with van der Waals surface area (Å²) in [6.07, 6.45) is 0.595. The standard InChI is InChI=1S/C21H23F2NO4S/c1-13-10-14(2)20(15(3)11-13)28-21(25)16-6-8-24(9-7-16)29(26,27)17-4-5-18(22)19(23)12-17/h4-5,10-12,16H,6-9H2,1-3H3. The smallest absolute Gasteiger partial charge is 0.314 e. The van der Waals surface area contributed by atoms with Gasteiger partial charge < -0.3 is 4.74 Å². The minimum Gasteiger partial charge on any atom is -0.426 e. The zero-order chi connectivity index (χ0) is 21.3. The molecular weight excluding hydrogens is 400 g/mol. The molecule has 3 rings (SSSR count). The molecule has 8 heteroatoms. The van der Waals surface area contributed by atoms with Crippen molar-refractivity contribution in [3.63, 3.8) is 0 Å². The highest BCUT2D eigenvalue weighted by molar-refractivity contribution is 7.89. The van der Waals surface area contributed by atoms with Gasteiger partial charge in [0.15, 0.2) is 11.6 Å². The molecule has 2 aromatic carbocycles. The molecule has 1 fully saturated rings. The van der Waals surface area contributed by atoms with Gasteiger partial charge in [-0.1, -0.05) is 17.7 Å². The Morgan fingerprint density at radius 1 is 1.00 bits per heavy atom. The predicted octanol–water partition coefficient (Wildman–Crippen LogP) is 3.90. The number of piperidine rings is 1. The maximum Gasteiger partial charge on any atom is 0.314 e. The minimum absolute atomic E-state index is 0.104. The molecule has 0 atom stereocenters. The average Bonchev–Trinajstić information content (AvgIpc) is 2.66. The number of carbonyl (C=O) groups is 1. The van der Waals surface area contributed by atoms with Crippen LogP contribution in [0.5, 0.6) is 5.75 Å². The van der Waals surface area contributed by atoms with Gasteiger partial charge in [0.25, 0.3) is 0 Å². The number of nitrogens with zero attached hydrogens (tertiary/aromatic N) is 1. The molecule has 156 valence electrons. The van der Waals surface area contributed by atoms with Gasteiger partial charge in [0.05, 0.1) is 10.8 Å². The van der Waals surface area contributed by atoms with Gasteiger partial charge in [0, 0.05) is 13.1 Å². The fourth-order valence-electron chi connectivity index (χ4n) is 3.63. The Hall–Kier alpha value is -2.32. The van der Waals surface area contributed by atoms with Crippen LogP contribution in [0.25, 0.3) is 0 Å². The monoisotopic (exact) mass is 423 g/mol. The van der Waals surface area contributed by atoms with Gasteiger partial charge in [-0.25, -0.2) is 17.2 Å². The van der Waals surface area contributed by atoms with E-state index in [0.29, 0.717) is 24.7 Å². The van der Waals surface area contributed by atoms with E-state index in [4.69, 9.17) is 4.74 Å². The zero-order valence-corrected chi connectivity index (χ0v) is 17.4. The Balaban J connectivity index is 1.67. The number of hydrogen-bond acceptors (Lipinski definition) is 4. The van der Waals surface area contributed by atoms with Crippen molar-refractivity contribution in [3.8, 4) is 5.75 Å². The molecule has 0 radical (unpaired) electrons. The van der Waals surface area contributed by atoms with Crippen LogP contribution >= 0.6 is 0 Å². The number of benzene rings is 2. The molecule has 1 aliphatic rings. The highest BCUT2D eigenvalue weighted by Crippen LogP contribution is 2.29. The number of halogens is 2. The maximum atomic E-state index is 13.4. The fraction of sp³-hybridized carbons (Fsp3) is 0.381. The van der Waals surface area contributed by atoms with Gasteiger partial charge in [-0.3, -0.25) is 4.79 Å². The van der Waals surface area contributed by atoms with Crippen molar-refractivity contribution >= 4 is 16.0 Å². The molecule has 1 heterocycles. The summed E-state index contributed by atoms with van der Waals surface area (Å²) in [6, 6.07) is 6.38. The van der Waals surface area contributed by atoms with E-state index >= 15 is 0 Å². The van der Waals surface area contributed by atoms with E-state index in [0.717, 1.165) is 28.8 Å². The lowest BCUT2D eigenvalue weighted by molar-refractivity contribution is -0.140. The van der Waals surface area contributed by atoms with E-state index in [2.05, 4.69) is 0 Å². The van der Waals surface area contributed by atoms with E-state index in [1.807, 2.05) is 32.9 Å². The predicted molar refractivity (Wildman–Crippen MR) is 104 cm³/mol. The molecule has 29 heavy (non-hydrogen) atoms. The number of ether oxygens (including phenoxy) is 1. The summed E-state index contributed by atoms with van der Waals surface area (Å²) < 4.78 is 58.6. The topological polar surface area (TPSA) is 63.7 Å². The van der Waals surface area contributed by atoms with Crippen molar-refractivity contribution < 1.29 is 26.7 Å². The number of carbonyl (C=O) groups excluding carboxylic acids is 1. The van der Waals surface area contributed by atoms with Crippen molar-refractivity contribution in [3.05, 3.63) is 58.7 Å². The van der Waals surface area contributed by atoms with Crippen molar-refractivity contribution in [1.82, 2.24) is 4.31 Å². The van der Waals surface area contributed by atoms with Gasteiger partial charge in [0.2, 0.25) is 10.0 Å². The Kier molecular flexibility index (Phi) is 6.05. The molecule has 1 aliphatic heterocycles. The third-order valence-corrected chi connectivity index (χ3v) is 7.02. The van der Waals surface area contributed by atoms with E-state index in [-0.39, 0.29) is 24.0 Å². The lowest BCUT2D eigenvalue weighted by Gasteiger charge is -2.30. The molecule has 0 aromatic heterocycles. The van der Waals surface area contributed by atoms with Crippen molar-refractivity contribution in [1.29, 1.82) is 0 Å². The highest BCUT2D eigenvalue weighted by atomic mass is 32.2. The van der Waals surface area contributed by atoms with E-state index in [9.17, 15) is 22.0 Å². The zero-order valence-electron chi connectivity index (χ0n) is 16.5. The van der Waals surface area contributed by atoms with Crippen LogP contribution in [0.3, 0.4) is 0 Å². The highest BCUT2D eigenvalue weighted by Gasteiger charge is 2.33. The van der Waals surface area contributed by atoms with Gasteiger partial charge in [-0.2, -0.15) is 4.31 Å². The quantitative estimate of drug-likeness (QED) is 0.553. The van der Waals surface area contributed by atoms with E-state index in [1.54, 1.807) is 0 Å². The van der Waals surface area contributed by atoms with Crippen LogP contribution in [0.4, 0.5) is 8.78 Å². The Morgan fingerprint density at radius 2 is 1.59 bits per heavy atom. The van der Waals surface area contributed by atoms with Crippen LogP contribution in [-0.2, 0) is 14.8 Å². The van der Waals surface area contributed by atoms with Crippen LogP contribution in [0, 0.1) is 38.3 Å². The number of hydrogen-bond donors (Lipinski definition) is 0. The van der Waals surface area contributed by atoms with Crippen molar-refractivity contribution in [2.24, 2.45) is 5.92 Å². The maximum absolute atomic E-state index is 13.4. The second-order valence-corrected chi connectivity index (χ2v) is 9.34. The first-order valence-electron chi connectivity index (χ1n) is 9.34. The second kappa shape index (κ2) is 8.20. The number of esters is 1. The Bertz CT molecular complexity index is 1020. The third-order valence-electron chi connectivity index (χ3n) is 5.12. The summed E-state index contributed by atoms with van der Waals surface area (Å²) in [4.78, 5) is 12.3. The fourth-order valence-corrected chi connectivity index (χ4v) is 5.11. The molecule has 0 bridgehead atoms. The minimum atomic E-state index is -3.95. The van der Waals surface area contributed by atoms with Crippen LogP contribution in [0.15, 0.2) is 35.2 Å². The first-order valence-corrected chi connectivity index (χ1v) is 10.8. The van der Waals surface area contributed by atoms with E-state index < -0.39 is 27.6 Å². The van der Waals surface area contributed by atoms with Gasteiger partial charge in [0.1, 0.15) is 5.75 Å². The number of rotatable bonds is 4. The summed E-state index contributed by atoms with van der Waals surface area (Å²) in [7, 11) is -3.95. The van der Waals surface area contributed by atoms with E-state index in [1.165, 1.54) is 4.31 Å².